The van der Waals surface area contributed by atoms with Crippen LogP contribution in [0.2, 0.25) is 0 Å². The van der Waals surface area contributed by atoms with Gasteiger partial charge in [-0.3, -0.25) is 4.79 Å². The van der Waals surface area contributed by atoms with Crippen LogP contribution in [0.15, 0.2) is 41.3 Å². The Morgan fingerprint density at radius 1 is 1.11 bits per heavy atom. The Morgan fingerprint density at radius 3 is 2.32 bits per heavy atom. The second-order valence-corrected chi connectivity index (χ2v) is 8.74. The lowest BCUT2D eigenvalue weighted by molar-refractivity contribution is -0.885. The minimum Gasteiger partial charge on any atom is -0.493 e. The monoisotopic (exact) mass is 407 g/mol. The number of ether oxygens (including phenoxy) is 2. The standard InChI is InChI=1S/C20H26N2O5S/c1-14-10-17(26-3)18(27-4)11-15(14)12-22(2)13-20(23)21-16-8-6-7-9-19(16)28(5,24)25/h6-11H,12-13H2,1-5H3,(H,21,23)/p+1. The average molecular weight is 408 g/mol. The molecule has 0 saturated heterocycles. The van der Waals surface area contributed by atoms with E-state index in [4.69, 9.17) is 9.47 Å². The average Bonchev–Trinajstić information content (AvgIpc) is 2.62. The summed E-state index contributed by atoms with van der Waals surface area (Å²) in [6.07, 6.45) is 1.12. The van der Waals surface area contributed by atoms with Gasteiger partial charge in [-0.2, -0.15) is 0 Å². The highest BCUT2D eigenvalue weighted by Gasteiger charge is 2.18. The highest BCUT2D eigenvalue weighted by Crippen LogP contribution is 2.29. The summed E-state index contributed by atoms with van der Waals surface area (Å²) < 4.78 is 34.4. The first-order valence-electron chi connectivity index (χ1n) is 8.77. The lowest BCUT2D eigenvalue weighted by atomic mass is 10.1. The summed E-state index contributed by atoms with van der Waals surface area (Å²) in [6, 6.07) is 10.2. The number of carbonyl (C=O) groups is 1. The number of likely N-dealkylation sites (N-methyl/N-ethyl adjacent to an activating group) is 1. The number of hydrogen-bond acceptors (Lipinski definition) is 5. The molecule has 0 saturated carbocycles. The zero-order valence-electron chi connectivity index (χ0n) is 16.8. The molecule has 2 aromatic rings. The minimum absolute atomic E-state index is 0.108. The fourth-order valence-corrected chi connectivity index (χ4v) is 3.81. The molecule has 0 radical (unpaired) electrons. The molecular weight excluding hydrogens is 380 g/mol. The van der Waals surface area contributed by atoms with Gasteiger partial charge in [-0.05, 0) is 36.8 Å². The minimum atomic E-state index is -3.42. The number of anilines is 1. The van der Waals surface area contributed by atoms with Crippen molar-refractivity contribution in [3.63, 3.8) is 0 Å². The van der Waals surface area contributed by atoms with E-state index in [-0.39, 0.29) is 17.3 Å². The van der Waals surface area contributed by atoms with Crippen LogP contribution in [-0.2, 0) is 21.2 Å². The van der Waals surface area contributed by atoms with Crippen LogP contribution in [0.3, 0.4) is 0 Å². The summed E-state index contributed by atoms with van der Waals surface area (Å²) in [6.45, 7) is 2.77. The van der Waals surface area contributed by atoms with E-state index in [0.717, 1.165) is 22.3 Å². The van der Waals surface area contributed by atoms with Crippen LogP contribution in [0.5, 0.6) is 11.5 Å². The number of hydrogen-bond donors (Lipinski definition) is 2. The van der Waals surface area contributed by atoms with Crippen LogP contribution in [0, 0.1) is 6.92 Å². The third-order valence-electron chi connectivity index (χ3n) is 4.36. The topological polar surface area (TPSA) is 86.1 Å². The Labute approximate surface area is 166 Å². The predicted octanol–water partition coefficient (Wildman–Crippen LogP) is 1.07. The number of benzene rings is 2. The molecule has 0 aromatic heterocycles. The smallest absolute Gasteiger partial charge is 0.279 e. The van der Waals surface area contributed by atoms with E-state index in [2.05, 4.69) is 5.32 Å². The van der Waals surface area contributed by atoms with E-state index < -0.39 is 9.84 Å². The molecule has 2 N–H and O–H groups in total. The van der Waals surface area contributed by atoms with E-state index in [1.54, 1.807) is 32.4 Å². The van der Waals surface area contributed by atoms with Crippen LogP contribution in [0.4, 0.5) is 5.69 Å². The van der Waals surface area contributed by atoms with Gasteiger partial charge in [-0.1, -0.05) is 12.1 Å². The molecule has 152 valence electrons. The Bertz CT molecular complexity index is 957. The number of para-hydroxylation sites is 1. The molecule has 8 heteroatoms. The molecule has 28 heavy (non-hydrogen) atoms. The molecule has 0 aliphatic carbocycles. The van der Waals surface area contributed by atoms with E-state index in [0.29, 0.717) is 23.7 Å². The van der Waals surface area contributed by atoms with Gasteiger partial charge in [-0.25, -0.2) is 8.42 Å². The summed E-state index contributed by atoms with van der Waals surface area (Å²) in [5.74, 6) is 1.05. The summed E-state index contributed by atoms with van der Waals surface area (Å²) in [4.78, 5) is 13.5. The molecule has 0 fully saturated rings. The maximum Gasteiger partial charge on any atom is 0.279 e. The van der Waals surface area contributed by atoms with Crippen molar-refractivity contribution in [1.29, 1.82) is 0 Å². The fourth-order valence-electron chi connectivity index (χ4n) is 2.96. The normalized spacial score (nSPS) is 12.3. The van der Waals surface area contributed by atoms with Crippen LogP contribution in [0.1, 0.15) is 11.1 Å². The largest absolute Gasteiger partial charge is 0.493 e. The quantitative estimate of drug-likeness (QED) is 0.684. The van der Waals surface area contributed by atoms with Gasteiger partial charge in [0.25, 0.3) is 5.91 Å². The second kappa shape index (κ2) is 9.07. The van der Waals surface area contributed by atoms with Crippen LogP contribution >= 0.6 is 0 Å². The molecule has 1 unspecified atom stereocenters. The molecule has 0 bridgehead atoms. The SMILES string of the molecule is COc1cc(C)c(C[NH+](C)CC(=O)Nc2ccccc2S(C)(=O)=O)cc1OC. The maximum atomic E-state index is 12.4. The van der Waals surface area contributed by atoms with Crippen LogP contribution in [-0.4, -0.2) is 48.4 Å². The van der Waals surface area contributed by atoms with Gasteiger partial charge in [0.05, 0.1) is 31.9 Å². The molecule has 2 rings (SSSR count). The summed E-state index contributed by atoms with van der Waals surface area (Å²) >= 11 is 0. The van der Waals surface area contributed by atoms with Gasteiger partial charge in [0, 0.05) is 11.8 Å². The van der Waals surface area contributed by atoms with Gasteiger partial charge >= 0.3 is 0 Å². The van der Waals surface area contributed by atoms with Crippen molar-refractivity contribution in [3.8, 4) is 11.5 Å². The first kappa shape index (κ1) is 21.7. The van der Waals surface area contributed by atoms with E-state index in [1.165, 1.54) is 6.07 Å². The highest BCUT2D eigenvalue weighted by atomic mass is 32.2. The molecule has 0 aliphatic heterocycles. The number of rotatable bonds is 8. The fraction of sp³-hybridized carbons (Fsp3) is 0.350. The summed E-state index contributed by atoms with van der Waals surface area (Å²) in [7, 11) is 1.65. The lowest BCUT2D eigenvalue weighted by Gasteiger charge is -2.17. The number of quaternary nitrogens is 1. The number of nitrogens with one attached hydrogen (secondary N) is 2. The number of sulfone groups is 1. The molecule has 1 amide bonds. The van der Waals surface area contributed by atoms with Crippen molar-refractivity contribution >= 4 is 21.4 Å². The zero-order chi connectivity index (χ0) is 20.9. The molecule has 7 nitrogen and oxygen atoms in total. The number of methoxy groups -OCH3 is 2. The Kier molecular flexibility index (Phi) is 7.04. The highest BCUT2D eigenvalue weighted by molar-refractivity contribution is 7.90. The number of carbonyl (C=O) groups excluding carboxylic acids is 1. The maximum absolute atomic E-state index is 12.4. The second-order valence-electron chi connectivity index (χ2n) is 6.76. The molecule has 2 aromatic carbocycles. The van der Waals surface area contributed by atoms with Crippen LogP contribution < -0.4 is 19.7 Å². The predicted molar refractivity (Wildman–Crippen MR) is 108 cm³/mol. The van der Waals surface area contributed by atoms with Gasteiger partial charge in [-0.15, -0.1) is 0 Å². The van der Waals surface area contributed by atoms with E-state index >= 15 is 0 Å². The zero-order valence-corrected chi connectivity index (χ0v) is 17.6. The third kappa shape index (κ3) is 5.46. The van der Waals surface area contributed by atoms with Gasteiger partial charge in [0.15, 0.2) is 27.9 Å². The Hall–Kier alpha value is -2.58. The third-order valence-corrected chi connectivity index (χ3v) is 5.51. The first-order valence-corrected chi connectivity index (χ1v) is 10.7. The van der Waals surface area contributed by atoms with E-state index in [9.17, 15) is 13.2 Å². The lowest BCUT2D eigenvalue weighted by Crippen LogP contribution is -3.08. The molecule has 0 heterocycles. The first-order chi connectivity index (χ1) is 13.2. The van der Waals surface area contributed by atoms with Crippen LogP contribution in [0.25, 0.3) is 0 Å². The van der Waals surface area contributed by atoms with Crippen molar-refractivity contribution < 1.29 is 27.6 Å². The number of aryl methyl sites for hydroxylation is 1. The van der Waals surface area contributed by atoms with Crippen molar-refractivity contribution in [2.45, 2.75) is 18.4 Å². The van der Waals surface area contributed by atoms with Crippen molar-refractivity contribution in [2.24, 2.45) is 0 Å². The molecule has 1 atom stereocenters. The van der Waals surface area contributed by atoms with Crippen molar-refractivity contribution in [3.05, 3.63) is 47.5 Å². The van der Waals surface area contributed by atoms with Crippen molar-refractivity contribution in [1.82, 2.24) is 0 Å². The molecule has 0 aliphatic rings. The molecular formula is C20H27N2O5S+. The Balaban J connectivity index is 2.08. The van der Waals surface area contributed by atoms with Gasteiger partial charge in [0.2, 0.25) is 0 Å². The van der Waals surface area contributed by atoms with Gasteiger partial charge in [0.1, 0.15) is 6.54 Å². The summed E-state index contributed by atoms with van der Waals surface area (Å²) in [5, 5.41) is 2.71. The molecule has 0 spiro atoms. The van der Waals surface area contributed by atoms with E-state index in [1.807, 2.05) is 26.1 Å². The number of amides is 1. The summed E-state index contributed by atoms with van der Waals surface area (Å²) in [5.41, 5.74) is 2.38. The van der Waals surface area contributed by atoms with Crippen molar-refractivity contribution in [2.75, 3.05) is 39.4 Å². The Morgan fingerprint density at radius 2 is 1.71 bits per heavy atom. The van der Waals surface area contributed by atoms with Gasteiger partial charge < -0.3 is 19.7 Å².